The highest BCUT2D eigenvalue weighted by molar-refractivity contribution is 5.73. The average molecular weight is 735 g/mol. The number of carboxylic acids is 1. The minimum atomic E-state index is -1.76. The summed E-state index contributed by atoms with van der Waals surface area (Å²) in [4.78, 5) is 12.4. The number of ether oxygens (including phenoxy) is 4. The smallest absolute Gasteiger partial charge is 0.335 e. The van der Waals surface area contributed by atoms with Crippen molar-refractivity contribution in [1.82, 2.24) is 0 Å². The van der Waals surface area contributed by atoms with Crippen LogP contribution in [0.3, 0.4) is 0 Å². The first-order valence-electron chi connectivity index (χ1n) is 20.1. The third kappa shape index (κ3) is 5.56. The largest absolute Gasteiger partial charge is 0.479 e. The third-order valence-electron chi connectivity index (χ3n) is 17.3. The van der Waals surface area contributed by atoms with E-state index < -0.39 is 67.9 Å². The zero-order valence-corrected chi connectivity index (χ0v) is 32.4. The molecule has 11 heteroatoms. The zero-order valence-electron chi connectivity index (χ0n) is 32.4. The molecule has 5 saturated carbocycles. The first-order chi connectivity index (χ1) is 24.2. The molecule has 2 saturated heterocycles. The first-order valence-corrected chi connectivity index (χ1v) is 20.1. The molecule has 0 aromatic carbocycles. The van der Waals surface area contributed by atoms with Crippen LogP contribution >= 0.6 is 0 Å². The molecule has 19 atom stereocenters. The molecular weight excluding hydrogens is 668 g/mol. The summed E-state index contributed by atoms with van der Waals surface area (Å²) < 4.78 is 23.4. The van der Waals surface area contributed by atoms with Crippen LogP contribution in [0.25, 0.3) is 0 Å². The molecular formula is C41H66O11. The van der Waals surface area contributed by atoms with Gasteiger partial charge in [0.2, 0.25) is 0 Å². The lowest BCUT2D eigenvalue weighted by atomic mass is 9.32. The molecule has 296 valence electrons. The van der Waals surface area contributed by atoms with Gasteiger partial charge in [-0.3, -0.25) is 0 Å². The number of aliphatic hydroxyl groups excluding tert-OH is 5. The summed E-state index contributed by atoms with van der Waals surface area (Å²) in [5, 5.41) is 62.5. The van der Waals surface area contributed by atoms with Gasteiger partial charge in [0.15, 0.2) is 18.7 Å². The van der Waals surface area contributed by atoms with Gasteiger partial charge in [0, 0.05) is 0 Å². The predicted octanol–water partition coefficient (Wildman–Crippen LogP) is 4.40. The first kappa shape index (κ1) is 39.1. The maximum Gasteiger partial charge on any atom is 0.335 e. The molecule has 7 aliphatic rings. The molecule has 0 bridgehead atoms. The van der Waals surface area contributed by atoms with Gasteiger partial charge in [-0.1, -0.05) is 53.7 Å². The van der Waals surface area contributed by atoms with Crippen LogP contribution in [0.15, 0.2) is 12.2 Å². The Kier molecular flexibility index (Phi) is 9.94. The minimum Gasteiger partial charge on any atom is -0.479 e. The second-order valence-electron chi connectivity index (χ2n) is 19.9. The predicted molar refractivity (Wildman–Crippen MR) is 190 cm³/mol. The number of aliphatic hydroxyl groups is 5. The second kappa shape index (κ2) is 13.2. The highest BCUT2D eigenvalue weighted by Crippen LogP contribution is 2.77. The fourth-order valence-corrected chi connectivity index (χ4v) is 14.3. The Morgan fingerprint density at radius 1 is 0.750 bits per heavy atom. The van der Waals surface area contributed by atoms with Gasteiger partial charge in [-0.05, 0) is 128 Å². The van der Waals surface area contributed by atoms with Gasteiger partial charge < -0.3 is 49.6 Å². The van der Waals surface area contributed by atoms with E-state index in [1.165, 1.54) is 44.1 Å². The number of fused-ring (bicyclic) bond motifs is 7. The molecule has 11 nitrogen and oxygen atoms in total. The van der Waals surface area contributed by atoms with Crippen LogP contribution in [0, 0.1) is 56.7 Å². The second-order valence-corrected chi connectivity index (χ2v) is 19.9. The molecule has 0 radical (unpaired) electrons. The summed E-state index contributed by atoms with van der Waals surface area (Å²) in [6, 6.07) is 0. The van der Waals surface area contributed by atoms with Crippen LogP contribution in [-0.4, -0.2) is 105 Å². The molecule has 0 aromatic heterocycles. The Morgan fingerprint density at radius 3 is 2.06 bits per heavy atom. The normalized spacial score (nSPS) is 55.5. The van der Waals surface area contributed by atoms with Crippen molar-refractivity contribution in [3.63, 3.8) is 0 Å². The SMILES string of the molecule is C=C(C)[C@@H]1CC[C@]2(C)CC[C@]3(C)C(CCC4[C@@]5(C)CCC(O[C@@H]6O[C@H](C(=O)O)[C@@H](O[C@@H]7O[C@@H](CO)[C@@H](O)[C@H]7O)[C@@H](O)[C@H]6O)C(C)(C)C5CC[C@]43C)C12. The summed E-state index contributed by atoms with van der Waals surface area (Å²) in [5.41, 5.74) is 2.02. The minimum absolute atomic E-state index is 0.0850. The molecule has 2 aliphatic heterocycles. The summed E-state index contributed by atoms with van der Waals surface area (Å²) in [6.07, 6.45) is -2.78. The van der Waals surface area contributed by atoms with Crippen LogP contribution < -0.4 is 0 Å². The van der Waals surface area contributed by atoms with Gasteiger partial charge in [0.25, 0.3) is 0 Å². The van der Waals surface area contributed by atoms with Crippen molar-refractivity contribution in [3.8, 4) is 0 Å². The van der Waals surface area contributed by atoms with E-state index >= 15 is 0 Å². The van der Waals surface area contributed by atoms with E-state index in [1.807, 2.05) is 0 Å². The van der Waals surface area contributed by atoms with Gasteiger partial charge in [-0.15, -0.1) is 0 Å². The Hall–Kier alpha value is -1.15. The van der Waals surface area contributed by atoms with Crippen LogP contribution in [0.4, 0.5) is 0 Å². The molecule has 0 amide bonds. The van der Waals surface area contributed by atoms with E-state index in [4.69, 9.17) is 18.9 Å². The van der Waals surface area contributed by atoms with E-state index in [0.29, 0.717) is 41.4 Å². The Balaban J connectivity index is 1.08. The summed E-state index contributed by atoms with van der Waals surface area (Å²) in [6.45, 7) is 21.0. The Morgan fingerprint density at radius 2 is 1.42 bits per heavy atom. The number of hydrogen-bond donors (Lipinski definition) is 6. The average Bonchev–Trinajstić information content (AvgIpc) is 3.57. The topological polar surface area (TPSA) is 175 Å². The van der Waals surface area contributed by atoms with Crippen LogP contribution in [0.1, 0.15) is 113 Å². The van der Waals surface area contributed by atoms with Crippen LogP contribution in [0.2, 0.25) is 0 Å². The molecule has 5 unspecified atom stereocenters. The van der Waals surface area contributed by atoms with E-state index in [-0.39, 0.29) is 27.8 Å². The van der Waals surface area contributed by atoms with Crippen LogP contribution in [-0.2, 0) is 23.7 Å². The van der Waals surface area contributed by atoms with Crippen molar-refractivity contribution in [2.45, 2.75) is 174 Å². The lowest BCUT2D eigenvalue weighted by molar-refractivity contribution is -0.343. The van der Waals surface area contributed by atoms with E-state index in [9.17, 15) is 35.4 Å². The van der Waals surface area contributed by atoms with Gasteiger partial charge in [-0.25, -0.2) is 4.79 Å². The monoisotopic (exact) mass is 734 g/mol. The number of allylic oxidation sites excluding steroid dienone is 1. The molecule has 7 fully saturated rings. The van der Waals surface area contributed by atoms with Gasteiger partial charge in [0.1, 0.15) is 36.6 Å². The van der Waals surface area contributed by atoms with Gasteiger partial charge in [0.05, 0.1) is 12.7 Å². The molecule has 52 heavy (non-hydrogen) atoms. The Bertz CT molecular complexity index is 1390. The maximum absolute atomic E-state index is 12.4. The highest BCUT2D eigenvalue weighted by Gasteiger charge is 2.70. The highest BCUT2D eigenvalue weighted by atomic mass is 16.7. The van der Waals surface area contributed by atoms with Crippen molar-refractivity contribution < 1.29 is 54.4 Å². The molecule has 6 N–H and O–H groups in total. The Labute approximate surface area is 309 Å². The summed E-state index contributed by atoms with van der Waals surface area (Å²) in [5.74, 6) is 1.51. The molecule has 5 aliphatic carbocycles. The number of rotatable bonds is 7. The molecule has 0 spiro atoms. The van der Waals surface area contributed by atoms with Gasteiger partial charge >= 0.3 is 5.97 Å². The number of aliphatic carboxylic acids is 1. The van der Waals surface area contributed by atoms with E-state index in [1.54, 1.807) is 0 Å². The number of carbonyl (C=O) groups is 1. The van der Waals surface area contributed by atoms with E-state index in [2.05, 4.69) is 55.0 Å². The fourth-order valence-electron chi connectivity index (χ4n) is 14.3. The van der Waals surface area contributed by atoms with Crippen molar-refractivity contribution in [2.75, 3.05) is 6.61 Å². The van der Waals surface area contributed by atoms with Crippen molar-refractivity contribution in [1.29, 1.82) is 0 Å². The molecule has 7 rings (SSSR count). The van der Waals surface area contributed by atoms with E-state index in [0.717, 1.165) is 19.3 Å². The van der Waals surface area contributed by atoms with Crippen LogP contribution in [0.5, 0.6) is 0 Å². The standard InChI is InChI=1S/C41H66O11/c1-20(2)21-11-14-38(5)17-18-40(7)22(27(21)38)9-10-25-39(6)15-13-26(37(3,4)24(39)12-16-41(25,40)8)50-36-31(46)29(44)32(33(52-36)34(47)48)51-35-30(45)28(43)23(19-42)49-35/h21-33,35-36,42-46H,1,9-19H2,2-8H3,(H,47,48)/t21-,22?,23-,24?,25?,26?,27?,28+,29-,30+,31+,32-,33-,35-,36+,38+,39-,40+,41+/m0/s1. The van der Waals surface area contributed by atoms with Crippen molar-refractivity contribution in [3.05, 3.63) is 12.2 Å². The summed E-state index contributed by atoms with van der Waals surface area (Å²) >= 11 is 0. The zero-order chi connectivity index (χ0) is 37.9. The van der Waals surface area contributed by atoms with Crippen molar-refractivity contribution >= 4 is 5.97 Å². The number of hydrogen-bond acceptors (Lipinski definition) is 10. The maximum atomic E-state index is 12.4. The molecule has 2 heterocycles. The van der Waals surface area contributed by atoms with Crippen molar-refractivity contribution in [2.24, 2.45) is 56.7 Å². The van der Waals surface area contributed by atoms with Gasteiger partial charge in [-0.2, -0.15) is 0 Å². The molecule has 0 aromatic rings. The summed E-state index contributed by atoms with van der Waals surface area (Å²) in [7, 11) is 0. The third-order valence-corrected chi connectivity index (χ3v) is 17.3. The quantitative estimate of drug-likeness (QED) is 0.162. The lowest BCUT2D eigenvalue weighted by Crippen LogP contribution is -2.67. The fraction of sp³-hybridized carbons (Fsp3) is 0.927. The number of carboxylic acid groups (broad SMARTS) is 1. The lowest BCUT2D eigenvalue weighted by Gasteiger charge is -2.73.